The number of ketones is 1. The number of anilines is 1. The van der Waals surface area contributed by atoms with Gasteiger partial charge in [-0.05, 0) is 43.6 Å². The van der Waals surface area contributed by atoms with E-state index in [1.165, 1.54) is 25.3 Å². The van der Waals surface area contributed by atoms with E-state index in [1.54, 1.807) is 24.3 Å². The Labute approximate surface area is 157 Å². The zero-order valence-electron chi connectivity index (χ0n) is 15.0. The van der Waals surface area contributed by atoms with E-state index in [2.05, 4.69) is 20.7 Å². The van der Waals surface area contributed by atoms with Gasteiger partial charge in [0.25, 0.3) is 0 Å². The van der Waals surface area contributed by atoms with Crippen molar-refractivity contribution in [3.8, 4) is 0 Å². The highest BCUT2D eigenvalue weighted by atomic mass is 16.2. The smallest absolute Gasteiger partial charge is 0.332 e. The molecule has 0 unspecified atom stereocenters. The second-order valence-corrected chi connectivity index (χ2v) is 6.61. The summed E-state index contributed by atoms with van der Waals surface area (Å²) in [5.41, 5.74) is 8.58. The SMILES string of the molecule is NC(=O)N/N=C1\C=Cc2cccc(NC(=O)CCN3CCCCC3)c2C1=O. The summed E-state index contributed by atoms with van der Waals surface area (Å²) >= 11 is 0. The van der Waals surface area contributed by atoms with Gasteiger partial charge in [0.1, 0.15) is 5.71 Å². The van der Waals surface area contributed by atoms with Gasteiger partial charge in [-0.15, -0.1) is 0 Å². The molecule has 1 aliphatic carbocycles. The molecular weight excluding hydrogens is 346 g/mol. The largest absolute Gasteiger partial charge is 0.350 e. The van der Waals surface area contributed by atoms with Crippen LogP contribution in [0.25, 0.3) is 6.08 Å². The molecule has 1 heterocycles. The zero-order valence-corrected chi connectivity index (χ0v) is 15.0. The van der Waals surface area contributed by atoms with Gasteiger partial charge in [0.2, 0.25) is 11.7 Å². The lowest BCUT2D eigenvalue weighted by Crippen LogP contribution is -2.32. The first-order valence-corrected chi connectivity index (χ1v) is 9.06. The van der Waals surface area contributed by atoms with Crippen molar-refractivity contribution >= 4 is 35.2 Å². The second-order valence-electron chi connectivity index (χ2n) is 6.61. The highest BCUT2D eigenvalue weighted by Crippen LogP contribution is 2.26. The number of amides is 3. The molecule has 27 heavy (non-hydrogen) atoms. The van der Waals surface area contributed by atoms with Gasteiger partial charge < -0.3 is 16.0 Å². The Kier molecular flexibility index (Phi) is 5.97. The molecular formula is C19H23N5O3. The molecule has 3 rings (SSSR count). The number of primary amides is 1. The Bertz CT molecular complexity index is 810. The van der Waals surface area contributed by atoms with E-state index < -0.39 is 6.03 Å². The van der Waals surface area contributed by atoms with Crippen LogP contribution in [0.3, 0.4) is 0 Å². The Hall–Kier alpha value is -3.00. The molecule has 1 saturated heterocycles. The number of Topliss-reactive ketones (excluding diaryl/α,β-unsaturated/α-hetero) is 1. The number of carbonyl (C=O) groups excluding carboxylic acids is 3. The maximum Gasteiger partial charge on any atom is 0.332 e. The van der Waals surface area contributed by atoms with Crippen molar-refractivity contribution in [3.05, 3.63) is 35.4 Å². The van der Waals surface area contributed by atoms with Gasteiger partial charge in [-0.3, -0.25) is 9.59 Å². The Morgan fingerprint density at radius 1 is 1.15 bits per heavy atom. The molecule has 0 aromatic heterocycles. The molecule has 1 aromatic rings. The summed E-state index contributed by atoms with van der Waals surface area (Å²) in [6.07, 6.45) is 7.19. The standard InChI is InChI=1S/C19H23N5O3/c20-19(27)23-22-15-8-7-13-5-4-6-14(17(13)18(15)26)21-16(25)9-12-24-10-2-1-3-11-24/h4-8H,1-3,9-12H2,(H,21,25)(H3,20,23,27)/b22-15+. The van der Waals surface area contributed by atoms with Gasteiger partial charge in [-0.2, -0.15) is 5.10 Å². The molecule has 8 nitrogen and oxygen atoms in total. The summed E-state index contributed by atoms with van der Waals surface area (Å²) in [6, 6.07) is 4.40. The average molecular weight is 369 g/mol. The van der Waals surface area contributed by atoms with E-state index in [4.69, 9.17) is 5.73 Å². The number of nitrogens with one attached hydrogen (secondary N) is 2. The molecule has 0 bridgehead atoms. The molecule has 1 aromatic carbocycles. The fraction of sp³-hybridized carbons (Fsp3) is 0.368. The van der Waals surface area contributed by atoms with Gasteiger partial charge in [0.15, 0.2) is 0 Å². The van der Waals surface area contributed by atoms with Gasteiger partial charge in [0.05, 0.1) is 11.3 Å². The average Bonchev–Trinajstić information content (AvgIpc) is 2.66. The third-order valence-corrected chi connectivity index (χ3v) is 4.64. The first-order chi connectivity index (χ1) is 13.0. The number of hydrogen-bond donors (Lipinski definition) is 3. The number of urea groups is 1. The number of nitrogens with two attached hydrogens (primary N) is 1. The van der Waals surface area contributed by atoms with Crippen molar-refractivity contribution < 1.29 is 14.4 Å². The van der Waals surface area contributed by atoms with Crippen molar-refractivity contribution in [2.24, 2.45) is 10.8 Å². The van der Waals surface area contributed by atoms with E-state index in [9.17, 15) is 14.4 Å². The van der Waals surface area contributed by atoms with Crippen LogP contribution in [-0.2, 0) is 4.79 Å². The van der Waals surface area contributed by atoms with Crippen LogP contribution in [0.4, 0.5) is 10.5 Å². The molecule has 0 saturated carbocycles. The lowest BCUT2D eigenvalue weighted by molar-refractivity contribution is -0.116. The molecule has 0 spiro atoms. The molecule has 0 radical (unpaired) electrons. The fourth-order valence-corrected chi connectivity index (χ4v) is 3.30. The van der Waals surface area contributed by atoms with Crippen molar-refractivity contribution in [1.82, 2.24) is 10.3 Å². The monoisotopic (exact) mass is 369 g/mol. The lowest BCUT2D eigenvalue weighted by Gasteiger charge is -2.26. The number of hydrazone groups is 1. The van der Waals surface area contributed by atoms with E-state index in [0.717, 1.165) is 13.1 Å². The van der Waals surface area contributed by atoms with Gasteiger partial charge in [-0.25, -0.2) is 10.2 Å². The van der Waals surface area contributed by atoms with E-state index in [1.807, 2.05) is 0 Å². The molecule has 1 fully saturated rings. The maximum absolute atomic E-state index is 12.7. The summed E-state index contributed by atoms with van der Waals surface area (Å²) < 4.78 is 0. The number of likely N-dealkylation sites (tertiary alicyclic amines) is 1. The predicted molar refractivity (Wildman–Crippen MR) is 103 cm³/mol. The first kappa shape index (κ1) is 18.8. The van der Waals surface area contributed by atoms with Crippen LogP contribution in [0, 0.1) is 0 Å². The Balaban J connectivity index is 1.70. The minimum absolute atomic E-state index is 0.0521. The number of nitrogens with zero attached hydrogens (tertiary/aromatic N) is 2. The minimum Gasteiger partial charge on any atom is -0.350 e. The van der Waals surface area contributed by atoms with Crippen molar-refractivity contribution in [2.45, 2.75) is 25.7 Å². The summed E-state index contributed by atoms with van der Waals surface area (Å²) in [5.74, 6) is -0.516. The van der Waals surface area contributed by atoms with Crippen LogP contribution in [0.5, 0.6) is 0 Å². The highest BCUT2D eigenvalue weighted by molar-refractivity contribution is 6.53. The Morgan fingerprint density at radius 2 is 1.93 bits per heavy atom. The first-order valence-electron chi connectivity index (χ1n) is 9.06. The van der Waals surface area contributed by atoms with Gasteiger partial charge >= 0.3 is 6.03 Å². The van der Waals surface area contributed by atoms with Crippen LogP contribution in [-0.4, -0.2) is 48.0 Å². The summed E-state index contributed by atoms with van der Waals surface area (Å²) in [4.78, 5) is 38.2. The summed E-state index contributed by atoms with van der Waals surface area (Å²) in [5, 5.41) is 6.55. The summed E-state index contributed by atoms with van der Waals surface area (Å²) in [7, 11) is 0. The van der Waals surface area contributed by atoms with Crippen molar-refractivity contribution in [2.75, 3.05) is 25.0 Å². The van der Waals surface area contributed by atoms with Crippen molar-refractivity contribution in [1.29, 1.82) is 0 Å². The quantitative estimate of drug-likeness (QED) is 0.685. The van der Waals surface area contributed by atoms with E-state index in [0.29, 0.717) is 29.8 Å². The number of benzene rings is 1. The van der Waals surface area contributed by atoms with E-state index in [-0.39, 0.29) is 17.4 Å². The molecule has 8 heteroatoms. The lowest BCUT2D eigenvalue weighted by atomic mass is 9.93. The third kappa shape index (κ3) is 4.79. The topological polar surface area (TPSA) is 117 Å². The summed E-state index contributed by atoms with van der Waals surface area (Å²) in [6.45, 7) is 2.78. The number of piperidine rings is 1. The maximum atomic E-state index is 12.7. The van der Waals surface area contributed by atoms with Gasteiger partial charge in [0, 0.05) is 13.0 Å². The van der Waals surface area contributed by atoms with Crippen LogP contribution in [0.1, 0.15) is 41.6 Å². The zero-order chi connectivity index (χ0) is 19.2. The van der Waals surface area contributed by atoms with Crippen LogP contribution in [0.2, 0.25) is 0 Å². The normalized spacial score (nSPS) is 18.2. The molecule has 4 N–H and O–H groups in total. The fourth-order valence-electron chi connectivity index (χ4n) is 3.30. The molecule has 2 aliphatic rings. The van der Waals surface area contributed by atoms with Crippen LogP contribution in [0.15, 0.2) is 29.4 Å². The van der Waals surface area contributed by atoms with E-state index >= 15 is 0 Å². The third-order valence-electron chi connectivity index (χ3n) is 4.64. The number of hydrogen-bond acceptors (Lipinski definition) is 5. The highest BCUT2D eigenvalue weighted by Gasteiger charge is 2.24. The van der Waals surface area contributed by atoms with Gasteiger partial charge in [-0.1, -0.05) is 24.6 Å². The molecule has 142 valence electrons. The molecule has 0 atom stereocenters. The predicted octanol–water partition coefficient (Wildman–Crippen LogP) is 1.73. The van der Waals surface area contributed by atoms with Crippen LogP contribution >= 0.6 is 0 Å². The molecule has 3 amide bonds. The number of carbonyl (C=O) groups is 3. The number of rotatable bonds is 5. The van der Waals surface area contributed by atoms with Crippen LogP contribution < -0.4 is 16.5 Å². The number of allylic oxidation sites excluding steroid dienone is 1. The second kappa shape index (κ2) is 8.59. The minimum atomic E-state index is -0.853. The molecule has 1 aliphatic heterocycles. The number of fused-ring (bicyclic) bond motifs is 1. The Morgan fingerprint density at radius 3 is 2.67 bits per heavy atom. The van der Waals surface area contributed by atoms with Crippen molar-refractivity contribution in [3.63, 3.8) is 0 Å².